The van der Waals surface area contributed by atoms with E-state index in [1.165, 1.54) is 0 Å². The van der Waals surface area contributed by atoms with E-state index in [2.05, 4.69) is 5.32 Å². The van der Waals surface area contributed by atoms with Crippen molar-refractivity contribution in [1.82, 2.24) is 0 Å². The zero-order valence-corrected chi connectivity index (χ0v) is 12.1. The van der Waals surface area contributed by atoms with Gasteiger partial charge in [0.2, 0.25) is 5.91 Å². The van der Waals surface area contributed by atoms with E-state index in [0.717, 1.165) is 30.0 Å². The first-order valence-corrected chi connectivity index (χ1v) is 7.12. The minimum atomic E-state index is -0.571. The van der Waals surface area contributed by atoms with E-state index < -0.39 is 16.9 Å². The molecular weight excluding hydrogens is 294 g/mol. The van der Waals surface area contributed by atoms with Crippen LogP contribution in [0.2, 0.25) is 0 Å². The third-order valence-electron chi connectivity index (χ3n) is 2.74. The lowest BCUT2D eigenvalue weighted by Gasteiger charge is -2.12. The number of halogens is 2. The highest BCUT2D eigenvalue weighted by atomic mass is 32.2. The third-order valence-corrected chi connectivity index (χ3v) is 3.88. The highest BCUT2D eigenvalue weighted by Crippen LogP contribution is 2.27. The summed E-state index contributed by atoms with van der Waals surface area (Å²) in [4.78, 5) is 12.1. The van der Waals surface area contributed by atoms with Gasteiger partial charge in [0.05, 0.1) is 5.25 Å². The van der Waals surface area contributed by atoms with E-state index in [-0.39, 0.29) is 10.8 Å². The van der Waals surface area contributed by atoms with Crippen molar-refractivity contribution in [3.05, 3.63) is 54.1 Å². The summed E-state index contributed by atoms with van der Waals surface area (Å²) in [5.41, 5.74) is 6.75. The molecule has 0 saturated carbocycles. The van der Waals surface area contributed by atoms with Crippen LogP contribution in [0.15, 0.2) is 47.4 Å². The number of carbonyl (C=O) groups excluding carboxylic acids is 1. The van der Waals surface area contributed by atoms with Gasteiger partial charge in [0.15, 0.2) is 0 Å². The van der Waals surface area contributed by atoms with Crippen molar-refractivity contribution in [2.75, 3.05) is 11.1 Å². The molecule has 2 rings (SSSR count). The molecule has 0 heterocycles. The van der Waals surface area contributed by atoms with Gasteiger partial charge in [0, 0.05) is 16.3 Å². The molecule has 0 spiro atoms. The highest BCUT2D eigenvalue weighted by molar-refractivity contribution is 8.00. The maximum Gasteiger partial charge on any atom is 0.237 e. The summed E-state index contributed by atoms with van der Waals surface area (Å²) in [7, 11) is 0. The third kappa shape index (κ3) is 4.19. The molecule has 0 aromatic heterocycles. The maximum absolute atomic E-state index is 13.5. The zero-order valence-electron chi connectivity index (χ0n) is 11.3. The Balaban J connectivity index is 2.02. The van der Waals surface area contributed by atoms with Crippen LogP contribution in [0.25, 0.3) is 0 Å². The summed E-state index contributed by atoms with van der Waals surface area (Å²) in [6.45, 7) is 1.63. The Hall–Kier alpha value is -2.08. The van der Waals surface area contributed by atoms with Crippen LogP contribution >= 0.6 is 11.8 Å². The van der Waals surface area contributed by atoms with Crippen molar-refractivity contribution in [1.29, 1.82) is 0 Å². The van der Waals surface area contributed by atoms with Crippen LogP contribution in [0.4, 0.5) is 20.2 Å². The number of hydrogen-bond acceptors (Lipinski definition) is 3. The SMILES string of the molecule is CC(Sc1cc(F)ccc1F)C(=O)Nc1ccc(N)cc1. The standard InChI is InChI=1S/C15H14F2N2OS/c1-9(21-14-8-10(16)2-7-13(14)17)15(20)19-12-5-3-11(18)4-6-12/h2-9H,18H2,1H3,(H,19,20). The van der Waals surface area contributed by atoms with E-state index in [1.807, 2.05) is 0 Å². The molecule has 3 N–H and O–H groups in total. The molecule has 0 aliphatic heterocycles. The monoisotopic (exact) mass is 308 g/mol. The first-order chi connectivity index (χ1) is 9.95. The molecule has 2 aromatic rings. The Morgan fingerprint density at radius 2 is 1.86 bits per heavy atom. The Labute approximate surface area is 125 Å². The molecule has 1 amide bonds. The summed E-state index contributed by atoms with van der Waals surface area (Å²) in [5, 5.41) is 2.12. The van der Waals surface area contributed by atoms with Crippen LogP contribution in [0.5, 0.6) is 0 Å². The number of carbonyl (C=O) groups is 1. The van der Waals surface area contributed by atoms with Gasteiger partial charge in [-0.1, -0.05) is 0 Å². The Morgan fingerprint density at radius 3 is 2.52 bits per heavy atom. The molecule has 6 heteroatoms. The Morgan fingerprint density at radius 1 is 1.19 bits per heavy atom. The van der Waals surface area contributed by atoms with Gasteiger partial charge in [0.1, 0.15) is 11.6 Å². The number of nitrogens with two attached hydrogens (primary N) is 1. The maximum atomic E-state index is 13.5. The van der Waals surface area contributed by atoms with Gasteiger partial charge in [-0.25, -0.2) is 8.78 Å². The lowest BCUT2D eigenvalue weighted by atomic mass is 10.3. The topological polar surface area (TPSA) is 55.1 Å². The molecule has 1 unspecified atom stereocenters. The van der Waals surface area contributed by atoms with Gasteiger partial charge in [-0.05, 0) is 49.4 Å². The summed E-state index contributed by atoms with van der Waals surface area (Å²) in [5.74, 6) is -1.38. The molecule has 2 aromatic carbocycles. The normalized spacial score (nSPS) is 12.0. The summed E-state index contributed by atoms with van der Waals surface area (Å²) in [6, 6.07) is 9.84. The van der Waals surface area contributed by atoms with Crippen molar-refractivity contribution >= 4 is 29.0 Å². The number of rotatable bonds is 4. The summed E-state index contributed by atoms with van der Waals surface area (Å²) < 4.78 is 26.6. The van der Waals surface area contributed by atoms with Gasteiger partial charge in [-0.3, -0.25) is 4.79 Å². The number of amides is 1. The van der Waals surface area contributed by atoms with E-state index >= 15 is 0 Å². The average molecular weight is 308 g/mol. The van der Waals surface area contributed by atoms with E-state index in [1.54, 1.807) is 31.2 Å². The summed E-state index contributed by atoms with van der Waals surface area (Å²) in [6.07, 6.45) is 0. The zero-order chi connectivity index (χ0) is 15.4. The second-order valence-electron chi connectivity index (χ2n) is 4.45. The molecule has 0 fully saturated rings. The average Bonchev–Trinajstić information content (AvgIpc) is 2.45. The van der Waals surface area contributed by atoms with Gasteiger partial charge in [0.25, 0.3) is 0 Å². The van der Waals surface area contributed by atoms with Gasteiger partial charge >= 0.3 is 0 Å². The molecule has 3 nitrogen and oxygen atoms in total. The van der Waals surface area contributed by atoms with E-state index in [4.69, 9.17) is 5.73 Å². The van der Waals surface area contributed by atoms with Crippen LogP contribution in [0.3, 0.4) is 0 Å². The molecule has 1 atom stereocenters. The fourth-order valence-corrected chi connectivity index (χ4v) is 2.53. The van der Waals surface area contributed by atoms with Crippen LogP contribution in [-0.2, 0) is 4.79 Å². The molecule has 110 valence electrons. The second kappa shape index (κ2) is 6.58. The molecule has 0 aliphatic rings. The highest BCUT2D eigenvalue weighted by Gasteiger charge is 2.17. The Bertz CT molecular complexity index is 647. The fraction of sp³-hybridized carbons (Fsp3) is 0.133. The van der Waals surface area contributed by atoms with Crippen LogP contribution in [0.1, 0.15) is 6.92 Å². The van der Waals surface area contributed by atoms with E-state index in [0.29, 0.717) is 11.4 Å². The molecule has 0 bridgehead atoms. The minimum Gasteiger partial charge on any atom is -0.399 e. The predicted octanol–water partition coefficient (Wildman–Crippen LogP) is 3.67. The number of nitrogens with one attached hydrogen (secondary N) is 1. The van der Waals surface area contributed by atoms with Gasteiger partial charge in [-0.15, -0.1) is 11.8 Å². The van der Waals surface area contributed by atoms with Crippen molar-refractivity contribution in [3.63, 3.8) is 0 Å². The largest absolute Gasteiger partial charge is 0.399 e. The fourth-order valence-electron chi connectivity index (χ4n) is 1.62. The number of nitrogen functional groups attached to an aromatic ring is 1. The molecule has 21 heavy (non-hydrogen) atoms. The first-order valence-electron chi connectivity index (χ1n) is 6.24. The number of thioether (sulfide) groups is 1. The Kier molecular flexibility index (Phi) is 4.80. The second-order valence-corrected chi connectivity index (χ2v) is 5.83. The number of anilines is 2. The van der Waals surface area contributed by atoms with Crippen molar-refractivity contribution < 1.29 is 13.6 Å². The van der Waals surface area contributed by atoms with E-state index in [9.17, 15) is 13.6 Å². The van der Waals surface area contributed by atoms with Crippen molar-refractivity contribution in [2.24, 2.45) is 0 Å². The minimum absolute atomic E-state index is 0.106. The predicted molar refractivity (Wildman–Crippen MR) is 81.2 cm³/mol. The molecule has 0 saturated heterocycles. The lowest BCUT2D eigenvalue weighted by molar-refractivity contribution is -0.115. The molecule has 0 radical (unpaired) electrons. The smallest absolute Gasteiger partial charge is 0.237 e. The lowest BCUT2D eigenvalue weighted by Crippen LogP contribution is -2.22. The quantitative estimate of drug-likeness (QED) is 0.669. The van der Waals surface area contributed by atoms with Gasteiger partial charge < -0.3 is 11.1 Å². The van der Waals surface area contributed by atoms with Crippen LogP contribution in [-0.4, -0.2) is 11.2 Å². The molecular formula is C15H14F2N2OS. The first kappa shape index (κ1) is 15.3. The van der Waals surface area contributed by atoms with Crippen molar-refractivity contribution in [2.45, 2.75) is 17.1 Å². The number of hydrogen-bond donors (Lipinski definition) is 2. The van der Waals surface area contributed by atoms with Crippen LogP contribution < -0.4 is 11.1 Å². The van der Waals surface area contributed by atoms with Crippen LogP contribution in [0, 0.1) is 11.6 Å². The van der Waals surface area contributed by atoms with Gasteiger partial charge in [-0.2, -0.15) is 0 Å². The summed E-state index contributed by atoms with van der Waals surface area (Å²) >= 11 is 0.963. The number of benzene rings is 2. The van der Waals surface area contributed by atoms with Crippen molar-refractivity contribution in [3.8, 4) is 0 Å². The molecule has 0 aliphatic carbocycles.